The fourth-order valence-corrected chi connectivity index (χ4v) is 2.85. The summed E-state index contributed by atoms with van der Waals surface area (Å²) < 4.78 is 0. The Hall–Kier alpha value is -3.47. The van der Waals surface area contributed by atoms with Crippen LogP contribution < -0.4 is 16.8 Å². The first-order chi connectivity index (χ1) is 13.2. The first-order valence-electron chi connectivity index (χ1n) is 8.47. The van der Waals surface area contributed by atoms with Crippen LogP contribution in [0.25, 0.3) is 0 Å². The fourth-order valence-electron chi connectivity index (χ4n) is 2.85. The molecule has 1 aromatic carbocycles. The van der Waals surface area contributed by atoms with Crippen LogP contribution in [-0.4, -0.2) is 83.2 Å². The van der Waals surface area contributed by atoms with Crippen molar-refractivity contribution in [2.75, 3.05) is 32.7 Å². The molecule has 7 N–H and O–H groups in total. The zero-order chi connectivity index (χ0) is 20.8. The molecule has 1 saturated heterocycles. The van der Waals surface area contributed by atoms with Gasteiger partial charge < -0.3 is 31.7 Å². The molecule has 3 amide bonds. The lowest BCUT2D eigenvalue weighted by molar-refractivity contribution is -0.154. The van der Waals surface area contributed by atoms with Crippen LogP contribution in [0.5, 0.6) is 0 Å². The molecular formula is C17H22N6O5. The van der Waals surface area contributed by atoms with Gasteiger partial charge in [0, 0.05) is 30.8 Å². The van der Waals surface area contributed by atoms with Crippen molar-refractivity contribution in [2.45, 2.75) is 6.04 Å². The van der Waals surface area contributed by atoms with Gasteiger partial charge in [-0.05, 0) is 12.1 Å². The number of carbonyl (C=O) groups excluding carboxylic acids is 3. The molecule has 1 aliphatic rings. The van der Waals surface area contributed by atoms with Gasteiger partial charge in [-0.1, -0.05) is 12.1 Å². The van der Waals surface area contributed by atoms with Crippen LogP contribution in [0, 0.1) is 5.41 Å². The lowest BCUT2D eigenvalue weighted by Gasteiger charge is -2.39. The molecule has 28 heavy (non-hydrogen) atoms. The number of nitrogens with zero attached hydrogens (tertiary/aromatic N) is 2. The molecule has 2 rings (SSSR count). The zero-order valence-electron chi connectivity index (χ0n) is 15.1. The Kier molecular flexibility index (Phi) is 6.66. The summed E-state index contributed by atoms with van der Waals surface area (Å²) in [4.78, 5) is 50.2. The number of nitrogens with two attached hydrogens (primary N) is 2. The predicted molar refractivity (Wildman–Crippen MR) is 98.6 cm³/mol. The standard InChI is InChI=1S/C17H22N6O5/c18-7-12-17(28)22(9-14(25)26)5-6-23(12)13(24)8-21-16(27)11-3-1-10(2-4-11)15(19)20/h1-4,12H,5-9,18H2,(H3,19,20)(H,21,27)(H,25,26). The molecule has 1 unspecified atom stereocenters. The number of hydrogen-bond acceptors (Lipinski definition) is 6. The predicted octanol–water partition coefficient (Wildman–Crippen LogP) is -2.22. The second kappa shape index (κ2) is 8.95. The first-order valence-corrected chi connectivity index (χ1v) is 8.47. The summed E-state index contributed by atoms with van der Waals surface area (Å²) in [6.45, 7) is -0.738. The Morgan fingerprint density at radius 1 is 1.18 bits per heavy atom. The van der Waals surface area contributed by atoms with Gasteiger partial charge >= 0.3 is 5.97 Å². The van der Waals surface area contributed by atoms with E-state index in [0.717, 1.165) is 4.90 Å². The molecule has 150 valence electrons. The molecule has 0 bridgehead atoms. The molecule has 0 radical (unpaired) electrons. The molecule has 0 aromatic heterocycles. The number of carbonyl (C=O) groups is 4. The average molecular weight is 390 g/mol. The van der Waals surface area contributed by atoms with Gasteiger partial charge in [-0.15, -0.1) is 0 Å². The summed E-state index contributed by atoms with van der Waals surface area (Å²) in [5.41, 5.74) is 11.7. The normalized spacial score (nSPS) is 16.6. The highest BCUT2D eigenvalue weighted by Gasteiger charge is 2.37. The van der Waals surface area contributed by atoms with E-state index in [1.54, 1.807) is 0 Å². The third-order valence-corrected chi connectivity index (χ3v) is 4.31. The third-order valence-electron chi connectivity index (χ3n) is 4.31. The number of nitrogens with one attached hydrogen (secondary N) is 2. The van der Waals surface area contributed by atoms with Crippen molar-refractivity contribution in [3.8, 4) is 0 Å². The molecule has 11 heteroatoms. The third kappa shape index (κ3) is 4.82. The number of carboxylic acids is 1. The van der Waals surface area contributed by atoms with E-state index in [1.165, 1.54) is 29.2 Å². The number of amides is 3. The largest absolute Gasteiger partial charge is 0.480 e. The van der Waals surface area contributed by atoms with E-state index in [-0.39, 0.29) is 37.6 Å². The van der Waals surface area contributed by atoms with E-state index in [9.17, 15) is 19.2 Å². The highest BCUT2D eigenvalue weighted by molar-refractivity contribution is 5.99. The number of benzene rings is 1. The number of rotatable bonds is 7. The smallest absolute Gasteiger partial charge is 0.323 e. The van der Waals surface area contributed by atoms with Crippen molar-refractivity contribution in [1.82, 2.24) is 15.1 Å². The Balaban J connectivity index is 1.96. The Morgan fingerprint density at radius 2 is 1.79 bits per heavy atom. The highest BCUT2D eigenvalue weighted by atomic mass is 16.4. The maximum Gasteiger partial charge on any atom is 0.323 e. The fraction of sp³-hybridized carbons (Fsp3) is 0.353. The molecule has 0 spiro atoms. The molecule has 1 aliphatic heterocycles. The average Bonchev–Trinajstić information content (AvgIpc) is 2.66. The molecule has 1 heterocycles. The van der Waals surface area contributed by atoms with E-state index < -0.39 is 36.3 Å². The highest BCUT2D eigenvalue weighted by Crippen LogP contribution is 2.11. The minimum absolute atomic E-state index is 0.0772. The molecule has 0 saturated carbocycles. The van der Waals surface area contributed by atoms with E-state index in [0.29, 0.717) is 5.56 Å². The quantitative estimate of drug-likeness (QED) is 0.258. The number of carboxylic acid groups (broad SMARTS) is 1. The van der Waals surface area contributed by atoms with E-state index in [1.807, 2.05) is 0 Å². The summed E-state index contributed by atoms with van der Waals surface area (Å²) in [5, 5.41) is 18.6. The van der Waals surface area contributed by atoms with Crippen LogP contribution in [-0.2, 0) is 14.4 Å². The summed E-state index contributed by atoms with van der Waals surface area (Å²) in [5.74, 6) is -2.79. The monoisotopic (exact) mass is 390 g/mol. The molecule has 1 fully saturated rings. The minimum Gasteiger partial charge on any atom is -0.480 e. The number of amidine groups is 1. The second-order valence-electron chi connectivity index (χ2n) is 6.17. The topological polar surface area (TPSA) is 183 Å². The SMILES string of the molecule is N=C(N)c1ccc(C(=O)NCC(=O)N2CCN(CC(=O)O)C(=O)C2CN)cc1. The first kappa shape index (κ1) is 20.8. The van der Waals surface area contributed by atoms with Crippen molar-refractivity contribution in [1.29, 1.82) is 5.41 Å². The van der Waals surface area contributed by atoms with Gasteiger partial charge in [0.1, 0.15) is 18.4 Å². The second-order valence-corrected chi connectivity index (χ2v) is 6.17. The van der Waals surface area contributed by atoms with Crippen molar-refractivity contribution in [3.05, 3.63) is 35.4 Å². The van der Waals surface area contributed by atoms with Crippen LogP contribution in [0.4, 0.5) is 0 Å². The number of piperazine rings is 1. The maximum atomic E-state index is 12.4. The van der Waals surface area contributed by atoms with Crippen molar-refractivity contribution in [3.63, 3.8) is 0 Å². The van der Waals surface area contributed by atoms with Gasteiger partial charge in [0.05, 0.1) is 6.54 Å². The molecule has 11 nitrogen and oxygen atoms in total. The summed E-state index contributed by atoms with van der Waals surface area (Å²) in [6.07, 6.45) is 0. The molecular weight excluding hydrogens is 368 g/mol. The van der Waals surface area contributed by atoms with Gasteiger partial charge in [0.25, 0.3) is 5.91 Å². The van der Waals surface area contributed by atoms with Crippen LogP contribution in [0.15, 0.2) is 24.3 Å². The van der Waals surface area contributed by atoms with E-state index in [4.69, 9.17) is 22.0 Å². The van der Waals surface area contributed by atoms with Crippen LogP contribution >= 0.6 is 0 Å². The molecule has 1 atom stereocenters. The van der Waals surface area contributed by atoms with E-state index in [2.05, 4.69) is 5.32 Å². The van der Waals surface area contributed by atoms with Gasteiger partial charge in [-0.3, -0.25) is 24.6 Å². The number of aliphatic carboxylic acids is 1. The molecule has 0 aliphatic carbocycles. The lowest BCUT2D eigenvalue weighted by Crippen LogP contribution is -2.62. The maximum absolute atomic E-state index is 12.4. The molecule has 1 aromatic rings. The lowest BCUT2D eigenvalue weighted by atomic mass is 10.1. The van der Waals surface area contributed by atoms with Gasteiger partial charge in [-0.2, -0.15) is 0 Å². The van der Waals surface area contributed by atoms with E-state index >= 15 is 0 Å². The van der Waals surface area contributed by atoms with Crippen molar-refractivity contribution >= 4 is 29.5 Å². The summed E-state index contributed by atoms with van der Waals surface area (Å²) in [7, 11) is 0. The Bertz CT molecular complexity index is 794. The summed E-state index contributed by atoms with van der Waals surface area (Å²) in [6, 6.07) is 5.03. The van der Waals surface area contributed by atoms with Crippen molar-refractivity contribution in [2.24, 2.45) is 11.5 Å². The van der Waals surface area contributed by atoms with Gasteiger partial charge in [0.15, 0.2) is 0 Å². The summed E-state index contributed by atoms with van der Waals surface area (Å²) >= 11 is 0. The van der Waals surface area contributed by atoms with Crippen LogP contribution in [0.2, 0.25) is 0 Å². The van der Waals surface area contributed by atoms with Crippen LogP contribution in [0.3, 0.4) is 0 Å². The van der Waals surface area contributed by atoms with Crippen molar-refractivity contribution < 1.29 is 24.3 Å². The number of nitrogen functional groups attached to an aromatic ring is 1. The Morgan fingerprint density at radius 3 is 2.32 bits per heavy atom. The van der Waals surface area contributed by atoms with Gasteiger partial charge in [0.2, 0.25) is 11.8 Å². The minimum atomic E-state index is -1.15. The van der Waals surface area contributed by atoms with Crippen LogP contribution in [0.1, 0.15) is 15.9 Å². The zero-order valence-corrected chi connectivity index (χ0v) is 15.1. The Labute approximate surface area is 160 Å². The van der Waals surface area contributed by atoms with Gasteiger partial charge in [-0.25, -0.2) is 0 Å². The number of hydrogen-bond donors (Lipinski definition) is 5.